The second-order valence-corrected chi connectivity index (χ2v) is 7.38. The van der Waals surface area contributed by atoms with Crippen LogP contribution in [0, 0.1) is 0 Å². The van der Waals surface area contributed by atoms with E-state index in [1.807, 2.05) is 0 Å². The summed E-state index contributed by atoms with van der Waals surface area (Å²) in [6.45, 7) is 7.00. The molecule has 0 spiro atoms. The zero-order chi connectivity index (χ0) is 19.2. The van der Waals surface area contributed by atoms with Gasteiger partial charge in [0.1, 0.15) is 5.82 Å². The first-order chi connectivity index (χ1) is 12.2. The second kappa shape index (κ2) is 6.83. The van der Waals surface area contributed by atoms with Gasteiger partial charge < -0.3 is 4.57 Å². The van der Waals surface area contributed by atoms with Gasteiger partial charge in [-0.15, -0.1) is 0 Å². The van der Waals surface area contributed by atoms with Crippen molar-refractivity contribution in [3.63, 3.8) is 0 Å². The molecule has 26 heavy (non-hydrogen) atoms. The topological polar surface area (TPSA) is 82.1 Å². The molecule has 2 aromatic rings. The Kier molecular flexibility index (Phi) is 4.88. The number of carbonyl (C=O) groups excluding carboxylic acids is 1. The maximum absolute atomic E-state index is 12.8. The lowest BCUT2D eigenvalue weighted by Crippen LogP contribution is -2.38. The average Bonchev–Trinajstić information content (AvgIpc) is 2.98. The van der Waals surface area contributed by atoms with Gasteiger partial charge in [-0.05, 0) is 40.2 Å². The number of aromatic nitrogens is 4. The molecule has 0 saturated carbocycles. The third-order valence-electron chi connectivity index (χ3n) is 5.63. The van der Waals surface area contributed by atoms with Gasteiger partial charge in [-0.1, -0.05) is 6.42 Å². The number of ketones is 1. The van der Waals surface area contributed by atoms with Crippen molar-refractivity contribution in [3.8, 4) is 0 Å². The maximum Gasteiger partial charge on any atom is 0.332 e. The van der Waals surface area contributed by atoms with Gasteiger partial charge in [-0.3, -0.25) is 23.6 Å². The van der Waals surface area contributed by atoms with Crippen LogP contribution >= 0.6 is 0 Å². The highest BCUT2D eigenvalue weighted by atomic mass is 16.2. The third kappa shape index (κ3) is 2.92. The van der Waals surface area contributed by atoms with Crippen molar-refractivity contribution < 1.29 is 4.79 Å². The summed E-state index contributed by atoms with van der Waals surface area (Å²) in [5, 5.41) is 0. The Balaban J connectivity index is 2.25. The van der Waals surface area contributed by atoms with Crippen LogP contribution in [0.25, 0.3) is 11.2 Å². The van der Waals surface area contributed by atoms with Crippen LogP contribution in [-0.4, -0.2) is 42.0 Å². The molecule has 0 amide bonds. The predicted octanol–water partition coefficient (Wildman–Crippen LogP) is 0.958. The van der Waals surface area contributed by atoms with Crippen LogP contribution < -0.4 is 11.2 Å². The number of Topliss-reactive ketones (excluding diaryl/α,β-unsaturated/α-hetero) is 1. The van der Waals surface area contributed by atoms with E-state index in [-0.39, 0.29) is 5.78 Å². The highest BCUT2D eigenvalue weighted by Crippen LogP contribution is 2.23. The molecule has 2 aromatic heterocycles. The lowest BCUT2D eigenvalue weighted by Gasteiger charge is -2.33. The van der Waals surface area contributed by atoms with Gasteiger partial charge in [0.2, 0.25) is 0 Å². The number of rotatable bonds is 4. The normalized spacial score (nSPS) is 19.8. The first-order valence-electron chi connectivity index (χ1n) is 9.15. The average molecular weight is 361 g/mol. The predicted molar refractivity (Wildman–Crippen MR) is 99.3 cm³/mol. The highest BCUT2D eigenvalue weighted by Gasteiger charge is 2.27. The molecule has 8 nitrogen and oxygen atoms in total. The highest BCUT2D eigenvalue weighted by molar-refractivity contribution is 5.82. The number of piperidine rings is 1. The largest absolute Gasteiger partial charge is 0.332 e. The van der Waals surface area contributed by atoms with Crippen LogP contribution in [0.3, 0.4) is 0 Å². The van der Waals surface area contributed by atoms with E-state index in [0.29, 0.717) is 29.6 Å². The van der Waals surface area contributed by atoms with Crippen molar-refractivity contribution in [1.29, 1.82) is 0 Å². The van der Waals surface area contributed by atoms with Crippen LogP contribution in [0.2, 0.25) is 0 Å². The summed E-state index contributed by atoms with van der Waals surface area (Å²) in [7, 11) is 3.06. The van der Waals surface area contributed by atoms with Crippen molar-refractivity contribution in [1.82, 2.24) is 23.6 Å². The van der Waals surface area contributed by atoms with Crippen LogP contribution in [0.5, 0.6) is 0 Å². The number of nitrogens with zero attached hydrogens (tertiary/aromatic N) is 5. The van der Waals surface area contributed by atoms with E-state index in [1.165, 1.54) is 25.0 Å². The molecule has 2 atom stereocenters. The van der Waals surface area contributed by atoms with Gasteiger partial charge in [0.25, 0.3) is 5.56 Å². The molecule has 3 rings (SSSR count). The van der Waals surface area contributed by atoms with E-state index in [9.17, 15) is 14.4 Å². The minimum absolute atomic E-state index is 0.0480. The molecule has 2 unspecified atom stereocenters. The standard InChI is InChI=1S/C18H27N5O3/c1-11-8-6-7-9-22(11)10-14-19-16-15(23(14)12(2)13(3)24)17(25)21(5)18(26)20(16)4/h11-12H,6-10H2,1-5H3. The van der Waals surface area contributed by atoms with Crippen LogP contribution in [0.15, 0.2) is 9.59 Å². The van der Waals surface area contributed by atoms with Crippen molar-refractivity contribution in [3.05, 3.63) is 26.7 Å². The quantitative estimate of drug-likeness (QED) is 0.810. The number of aryl methyl sites for hydroxylation is 1. The number of fused-ring (bicyclic) bond motifs is 1. The summed E-state index contributed by atoms with van der Waals surface area (Å²) < 4.78 is 4.17. The zero-order valence-electron chi connectivity index (χ0n) is 16.2. The van der Waals surface area contributed by atoms with E-state index >= 15 is 0 Å². The van der Waals surface area contributed by atoms with Crippen molar-refractivity contribution in [2.75, 3.05) is 6.54 Å². The first-order valence-corrected chi connectivity index (χ1v) is 9.15. The van der Waals surface area contributed by atoms with Crippen molar-refractivity contribution >= 4 is 16.9 Å². The summed E-state index contributed by atoms with van der Waals surface area (Å²) in [5.74, 6) is 0.614. The molecule has 8 heteroatoms. The smallest absolute Gasteiger partial charge is 0.311 e. The van der Waals surface area contributed by atoms with Gasteiger partial charge >= 0.3 is 5.69 Å². The number of likely N-dealkylation sites (tertiary alicyclic amines) is 1. The lowest BCUT2D eigenvalue weighted by atomic mass is 10.0. The minimum Gasteiger partial charge on any atom is -0.311 e. The zero-order valence-corrected chi connectivity index (χ0v) is 16.2. The van der Waals surface area contributed by atoms with Gasteiger partial charge in [0, 0.05) is 20.1 Å². The van der Waals surface area contributed by atoms with Crippen LogP contribution in [-0.2, 0) is 25.4 Å². The Morgan fingerprint density at radius 3 is 2.54 bits per heavy atom. The molecule has 1 aliphatic heterocycles. The van der Waals surface area contributed by atoms with Gasteiger partial charge in [-0.2, -0.15) is 0 Å². The first kappa shape index (κ1) is 18.6. The molecule has 1 fully saturated rings. The molecule has 0 aromatic carbocycles. The fraction of sp³-hybridized carbons (Fsp3) is 0.667. The van der Waals surface area contributed by atoms with Crippen molar-refractivity contribution in [2.45, 2.75) is 58.7 Å². The van der Waals surface area contributed by atoms with E-state index in [0.717, 1.165) is 24.0 Å². The van der Waals surface area contributed by atoms with E-state index in [1.54, 1.807) is 18.5 Å². The fourth-order valence-electron chi connectivity index (χ4n) is 3.74. The van der Waals surface area contributed by atoms with Crippen LogP contribution in [0.1, 0.15) is 51.9 Å². The van der Waals surface area contributed by atoms with E-state index < -0.39 is 17.3 Å². The molecule has 0 aliphatic carbocycles. The van der Waals surface area contributed by atoms with Gasteiger partial charge in [-0.25, -0.2) is 9.78 Å². The molecule has 142 valence electrons. The molecule has 1 saturated heterocycles. The third-order valence-corrected chi connectivity index (χ3v) is 5.63. The number of carbonyl (C=O) groups is 1. The van der Waals surface area contributed by atoms with E-state index in [4.69, 9.17) is 0 Å². The molecule has 0 radical (unpaired) electrons. The molecule has 3 heterocycles. The molecular formula is C18H27N5O3. The monoisotopic (exact) mass is 361 g/mol. The maximum atomic E-state index is 12.8. The molecule has 0 N–H and O–H groups in total. The fourth-order valence-corrected chi connectivity index (χ4v) is 3.74. The Bertz CT molecular complexity index is 968. The lowest BCUT2D eigenvalue weighted by molar-refractivity contribution is -0.119. The van der Waals surface area contributed by atoms with Crippen molar-refractivity contribution in [2.24, 2.45) is 14.1 Å². The molecule has 1 aliphatic rings. The number of hydrogen-bond donors (Lipinski definition) is 0. The molecule has 0 bridgehead atoms. The summed E-state index contributed by atoms with van der Waals surface area (Å²) in [6, 6.07) is -0.0865. The van der Waals surface area contributed by atoms with E-state index in [2.05, 4.69) is 16.8 Å². The second-order valence-electron chi connectivity index (χ2n) is 7.38. The Labute approximate surface area is 152 Å². The SMILES string of the molecule is CC(=O)C(C)n1c(CN2CCCCC2C)nc2c1c(=O)n(C)c(=O)n2C. The Hall–Kier alpha value is -2.22. The van der Waals surface area contributed by atoms with Gasteiger partial charge in [0.05, 0.1) is 12.6 Å². The summed E-state index contributed by atoms with van der Waals surface area (Å²) in [6.07, 6.45) is 3.47. The van der Waals surface area contributed by atoms with Crippen LogP contribution in [0.4, 0.5) is 0 Å². The molecular weight excluding hydrogens is 334 g/mol. The number of hydrogen-bond acceptors (Lipinski definition) is 5. The summed E-state index contributed by atoms with van der Waals surface area (Å²) in [4.78, 5) is 44.1. The Morgan fingerprint density at radius 1 is 1.23 bits per heavy atom. The number of imidazole rings is 1. The van der Waals surface area contributed by atoms with Gasteiger partial charge in [0.15, 0.2) is 16.9 Å². The minimum atomic E-state index is -0.514. The summed E-state index contributed by atoms with van der Waals surface area (Å²) >= 11 is 0. The Morgan fingerprint density at radius 2 is 1.92 bits per heavy atom. The summed E-state index contributed by atoms with van der Waals surface area (Å²) in [5.41, 5.74) is -0.176.